The molecule has 1 fully saturated rings. The van der Waals surface area contributed by atoms with Crippen molar-refractivity contribution < 1.29 is 23.5 Å². The van der Waals surface area contributed by atoms with E-state index in [-0.39, 0.29) is 11.8 Å². The Balaban J connectivity index is 1.60. The molecule has 1 aliphatic heterocycles. The highest BCUT2D eigenvalue weighted by atomic mass is 16.5. The van der Waals surface area contributed by atoms with Crippen LogP contribution >= 0.6 is 0 Å². The summed E-state index contributed by atoms with van der Waals surface area (Å²) in [5.41, 5.74) is 2.70. The maximum atomic E-state index is 12.6. The van der Waals surface area contributed by atoms with Gasteiger partial charge < -0.3 is 23.6 Å². The Morgan fingerprint density at radius 3 is 2.24 bits per heavy atom. The van der Waals surface area contributed by atoms with Crippen LogP contribution in [0.25, 0.3) is 11.5 Å². The van der Waals surface area contributed by atoms with Crippen molar-refractivity contribution in [2.24, 2.45) is 0 Å². The van der Waals surface area contributed by atoms with Gasteiger partial charge in [0.1, 0.15) is 0 Å². The van der Waals surface area contributed by atoms with Crippen LogP contribution in [0.3, 0.4) is 0 Å². The third-order valence-electron chi connectivity index (χ3n) is 5.43. The van der Waals surface area contributed by atoms with Gasteiger partial charge in [-0.05, 0) is 52.0 Å². The van der Waals surface area contributed by atoms with Crippen LogP contribution in [0.1, 0.15) is 44.5 Å². The molecule has 1 aliphatic rings. The third kappa shape index (κ3) is 4.79. The van der Waals surface area contributed by atoms with Gasteiger partial charge in [-0.25, -0.2) is 0 Å². The monoisotopic (exact) mass is 451 g/mol. The van der Waals surface area contributed by atoms with Crippen LogP contribution < -0.4 is 19.1 Å². The number of aromatic nitrogens is 2. The fourth-order valence-electron chi connectivity index (χ4n) is 3.88. The molecule has 174 valence electrons. The van der Waals surface area contributed by atoms with E-state index in [1.807, 2.05) is 64.1 Å². The van der Waals surface area contributed by atoms with Crippen molar-refractivity contribution in [1.29, 1.82) is 0 Å². The van der Waals surface area contributed by atoms with Gasteiger partial charge in [-0.15, -0.1) is 0 Å². The van der Waals surface area contributed by atoms with E-state index < -0.39 is 0 Å². The minimum Gasteiger partial charge on any atom is -0.490 e. The number of anilines is 1. The smallest absolute Gasteiger partial charge is 0.258 e. The Labute approximate surface area is 193 Å². The molecule has 33 heavy (non-hydrogen) atoms. The highest BCUT2D eigenvalue weighted by molar-refractivity contribution is 5.96. The topological polar surface area (TPSA) is 86.9 Å². The summed E-state index contributed by atoms with van der Waals surface area (Å²) in [6, 6.07) is 11.5. The number of nitrogens with zero attached hydrogens (tertiary/aromatic N) is 3. The number of ether oxygens (including phenoxy) is 3. The standard InChI is InChI=1S/C25H29N3O5/c1-5-30-20-12-17(13-21(31-6-2)23(20)32-7-3)25-26-24(27-33-25)18-14-22(29)28(15-18)19-10-8-16(4)9-11-19/h8-13,18H,5-7,14-15H2,1-4H3. The third-order valence-corrected chi connectivity index (χ3v) is 5.43. The molecular weight excluding hydrogens is 422 g/mol. The lowest BCUT2D eigenvalue weighted by molar-refractivity contribution is -0.117. The number of rotatable bonds is 9. The molecule has 0 aliphatic carbocycles. The second-order valence-corrected chi connectivity index (χ2v) is 7.80. The summed E-state index contributed by atoms with van der Waals surface area (Å²) < 4.78 is 22.9. The predicted octanol–water partition coefficient (Wildman–Crippen LogP) is 4.76. The molecular formula is C25H29N3O5. The van der Waals surface area contributed by atoms with E-state index in [2.05, 4.69) is 10.1 Å². The van der Waals surface area contributed by atoms with Crippen LogP contribution in [0, 0.1) is 6.92 Å². The van der Waals surface area contributed by atoms with Gasteiger partial charge in [0.05, 0.1) is 19.8 Å². The van der Waals surface area contributed by atoms with Crippen LogP contribution in [0.2, 0.25) is 0 Å². The predicted molar refractivity (Wildman–Crippen MR) is 124 cm³/mol. The summed E-state index contributed by atoms with van der Waals surface area (Å²) in [5.74, 6) is 2.43. The van der Waals surface area contributed by atoms with Crippen LogP contribution in [0.5, 0.6) is 17.2 Å². The molecule has 1 saturated heterocycles. The number of carbonyl (C=O) groups is 1. The molecule has 0 spiro atoms. The zero-order valence-corrected chi connectivity index (χ0v) is 19.5. The largest absolute Gasteiger partial charge is 0.490 e. The van der Waals surface area contributed by atoms with Crippen LogP contribution in [0.4, 0.5) is 5.69 Å². The summed E-state index contributed by atoms with van der Waals surface area (Å²) >= 11 is 0. The molecule has 1 atom stereocenters. The average Bonchev–Trinajstić information content (AvgIpc) is 3.44. The quantitative estimate of drug-likeness (QED) is 0.463. The summed E-state index contributed by atoms with van der Waals surface area (Å²) in [5, 5.41) is 4.18. The first-order valence-corrected chi connectivity index (χ1v) is 11.3. The van der Waals surface area contributed by atoms with Gasteiger partial charge in [0, 0.05) is 30.1 Å². The van der Waals surface area contributed by atoms with Crippen molar-refractivity contribution in [3.05, 3.63) is 47.8 Å². The molecule has 0 N–H and O–H groups in total. The van der Waals surface area contributed by atoms with Crippen molar-refractivity contribution >= 4 is 11.6 Å². The van der Waals surface area contributed by atoms with Gasteiger partial charge in [0.15, 0.2) is 17.3 Å². The first kappa shape index (κ1) is 22.6. The molecule has 2 heterocycles. The molecule has 3 aromatic rings. The fourth-order valence-corrected chi connectivity index (χ4v) is 3.88. The second kappa shape index (κ2) is 9.94. The molecule has 8 heteroatoms. The van der Waals surface area contributed by atoms with Crippen molar-refractivity contribution in [3.8, 4) is 28.7 Å². The van der Waals surface area contributed by atoms with Gasteiger partial charge in [0.2, 0.25) is 11.7 Å². The van der Waals surface area contributed by atoms with E-state index >= 15 is 0 Å². The Hall–Kier alpha value is -3.55. The van der Waals surface area contributed by atoms with Gasteiger partial charge in [0.25, 0.3) is 5.89 Å². The van der Waals surface area contributed by atoms with E-state index in [0.29, 0.717) is 67.3 Å². The Kier molecular flexibility index (Phi) is 6.82. The van der Waals surface area contributed by atoms with E-state index in [0.717, 1.165) is 11.3 Å². The molecule has 0 radical (unpaired) electrons. The Morgan fingerprint density at radius 1 is 1.00 bits per heavy atom. The highest BCUT2D eigenvalue weighted by Gasteiger charge is 2.34. The van der Waals surface area contributed by atoms with Crippen LogP contribution in [0.15, 0.2) is 40.9 Å². The number of amides is 1. The molecule has 1 unspecified atom stereocenters. The lowest BCUT2D eigenvalue weighted by atomic mass is 10.1. The SMILES string of the molecule is CCOc1cc(-c2nc(C3CC(=O)N(c4ccc(C)cc4)C3)no2)cc(OCC)c1OCC. The van der Waals surface area contributed by atoms with Crippen molar-refractivity contribution in [3.63, 3.8) is 0 Å². The number of carbonyl (C=O) groups excluding carboxylic acids is 1. The van der Waals surface area contributed by atoms with E-state index in [1.165, 1.54) is 0 Å². The molecule has 0 saturated carbocycles. The summed E-state index contributed by atoms with van der Waals surface area (Å²) in [4.78, 5) is 19.0. The maximum absolute atomic E-state index is 12.6. The van der Waals surface area contributed by atoms with Crippen LogP contribution in [-0.4, -0.2) is 42.4 Å². The Morgan fingerprint density at radius 2 is 1.64 bits per heavy atom. The Bertz CT molecular complexity index is 1080. The fraction of sp³-hybridized carbons (Fsp3) is 0.400. The number of hydrogen-bond donors (Lipinski definition) is 0. The molecule has 1 amide bonds. The number of benzene rings is 2. The summed E-state index contributed by atoms with van der Waals surface area (Å²) in [6.45, 7) is 9.69. The lowest BCUT2D eigenvalue weighted by Crippen LogP contribution is -2.24. The zero-order chi connectivity index (χ0) is 23.4. The lowest BCUT2D eigenvalue weighted by Gasteiger charge is -2.16. The van der Waals surface area contributed by atoms with Gasteiger partial charge >= 0.3 is 0 Å². The zero-order valence-electron chi connectivity index (χ0n) is 19.5. The first-order chi connectivity index (χ1) is 16.0. The normalized spacial score (nSPS) is 15.7. The average molecular weight is 452 g/mol. The molecule has 4 rings (SSSR count). The van der Waals surface area contributed by atoms with Crippen molar-refractivity contribution in [2.45, 2.75) is 40.0 Å². The minimum absolute atomic E-state index is 0.0496. The van der Waals surface area contributed by atoms with Crippen molar-refractivity contribution in [2.75, 3.05) is 31.3 Å². The van der Waals surface area contributed by atoms with Gasteiger partial charge in [-0.3, -0.25) is 4.79 Å². The first-order valence-electron chi connectivity index (χ1n) is 11.3. The molecule has 8 nitrogen and oxygen atoms in total. The highest BCUT2D eigenvalue weighted by Crippen LogP contribution is 2.42. The van der Waals surface area contributed by atoms with Crippen molar-refractivity contribution in [1.82, 2.24) is 10.1 Å². The van der Waals surface area contributed by atoms with Gasteiger partial charge in [-0.1, -0.05) is 22.9 Å². The van der Waals surface area contributed by atoms with E-state index in [9.17, 15) is 4.79 Å². The summed E-state index contributed by atoms with van der Waals surface area (Å²) in [6.07, 6.45) is 0.338. The number of hydrogen-bond acceptors (Lipinski definition) is 7. The van der Waals surface area contributed by atoms with Gasteiger partial charge in [-0.2, -0.15) is 4.98 Å². The maximum Gasteiger partial charge on any atom is 0.258 e. The number of aryl methyl sites for hydroxylation is 1. The molecule has 1 aromatic heterocycles. The summed E-state index contributed by atoms with van der Waals surface area (Å²) in [7, 11) is 0. The van der Waals surface area contributed by atoms with E-state index in [4.69, 9.17) is 18.7 Å². The minimum atomic E-state index is -0.142. The van der Waals surface area contributed by atoms with E-state index in [1.54, 1.807) is 4.90 Å². The molecule has 0 bridgehead atoms. The second-order valence-electron chi connectivity index (χ2n) is 7.80. The van der Waals surface area contributed by atoms with Crippen LogP contribution in [-0.2, 0) is 4.79 Å². The molecule has 2 aromatic carbocycles.